The highest BCUT2D eigenvalue weighted by atomic mass is 16.4. The second kappa shape index (κ2) is 6.42. The molecule has 0 aromatic carbocycles. The number of carbonyl (C=O) groups excluding carboxylic acids is 1. The molecule has 0 unspecified atom stereocenters. The van der Waals surface area contributed by atoms with Crippen LogP contribution in [-0.2, 0) is 9.59 Å². The van der Waals surface area contributed by atoms with E-state index in [9.17, 15) is 9.59 Å². The summed E-state index contributed by atoms with van der Waals surface area (Å²) in [6.45, 7) is 2.08. The van der Waals surface area contributed by atoms with Crippen molar-refractivity contribution in [2.24, 2.45) is 0 Å². The van der Waals surface area contributed by atoms with Gasteiger partial charge in [-0.2, -0.15) is 0 Å². The zero-order valence-electron chi connectivity index (χ0n) is 7.62. The van der Waals surface area contributed by atoms with E-state index in [4.69, 9.17) is 10.2 Å². The third-order valence-electron chi connectivity index (χ3n) is 1.50. The summed E-state index contributed by atoms with van der Waals surface area (Å²) in [5.74, 6) is -1.37. The lowest BCUT2D eigenvalue weighted by Gasteiger charge is -2.06. The Kier molecular flexibility index (Phi) is 5.88. The Morgan fingerprint density at radius 1 is 1.46 bits per heavy atom. The number of aliphatic carboxylic acids is 1. The van der Waals surface area contributed by atoms with Crippen LogP contribution in [0.15, 0.2) is 0 Å². The summed E-state index contributed by atoms with van der Waals surface area (Å²) in [5.41, 5.74) is 0. The molecule has 0 aliphatic heterocycles. The first-order chi connectivity index (χ1) is 6.07. The number of nitrogens with one attached hydrogen (secondary N) is 1. The largest absolute Gasteiger partial charge is 0.479 e. The normalized spacial score (nSPS) is 12.2. The van der Waals surface area contributed by atoms with Crippen molar-refractivity contribution in [1.82, 2.24) is 5.32 Å². The van der Waals surface area contributed by atoms with Gasteiger partial charge in [0.2, 0.25) is 5.91 Å². The first kappa shape index (κ1) is 11.9. The maximum Gasteiger partial charge on any atom is 0.332 e. The minimum absolute atomic E-state index is 0.0464. The number of amides is 1. The second-order valence-corrected chi connectivity index (χ2v) is 2.74. The van der Waals surface area contributed by atoms with Crippen molar-refractivity contribution in [3.63, 3.8) is 0 Å². The number of carboxylic acids is 1. The molecule has 0 fully saturated rings. The molecule has 3 N–H and O–H groups in total. The van der Waals surface area contributed by atoms with Crippen LogP contribution < -0.4 is 5.32 Å². The average Bonchev–Trinajstić information content (AvgIpc) is 2.04. The van der Waals surface area contributed by atoms with Crippen molar-refractivity contribution >= 4 is 11.9 Å². The fraction of sp³-hybridized carbons (Fsp3) is 0.750. The molecule has 0 aliphatic rings. The minimum atomic E-state index is -1.39. The topological polar surface area (TPSA) is 86.6 Å². The number of hydrogen-bond donors (Lipinski definition) is 3. The minimum Gasteiger partial charge on any atom is -0.479 e. The van der Waals surface area contributed by atoms with Crippen molar-refractivity contribution in [3.8, 4) is 0 Å². The molecular weight excluding hydrogens is 174 g/mol. The van der Waals surface area contributed by atoms with Crippen LogP contribution in [0.2, 0.25) is 0 Å². The van der Waals surface area contributed by atoms with Crippen LogP contribution in [0.4, 0.5) is 0 Å². The zero-order chi connectivity index (χ0) is 10.3. The maximum atomic E-state index is 10.9. The van der Waals surface area contributed by atoms with Gasteiger partial charge in [-0.25, -0.2) is 4.79 Å². The van der Waals surface area contributed by atoms with Gasteiger partial charge in [0.05, 0.1) is 0 Å². The SMILES string of the molecule is CCCC(=O)NCC[C@H](O)C(=O)O. The summed E-state index contributed by atoms with van der Waals surface area (Å²) in [6.07, 6.45) is -0.150. The summed E-state index contributed by atoms with van der Waals surface area (Å²) >= 11 is 0. The number of aliphatic hydroxyl groups excluding tert-OH is 1. The fourth-order valence-electron chi connectivity index (χ4n) is 0.787. The van der Waals surface area contributed by atoms with Crippen molar-refractivity contribution in [1.29, 1.82) is 0 Å². The van der Waals surface area contributed by atoms with E-state index in [0.29, 0.717) is 6.42 Å². The molecule has 0 aromatic rings. The van der Waals surface area contributed by atoms with Gasteiger partial charge >= 0.3 is 5.97 Å². The number of carbonyl (C=O) groups is 2. The van der Waals surface area contributed by atoms with E-state index in [-0.39, 0.29) is 18.9 Å². The number of hydrogen-bond acceptors (Lipinski definition) is 3. The lowest BCUT2D eigenvalue weighted by atomic mass is 10.2. The van der Waals surface area contributed by atoms with Gasteiger partial charge in [0, 0.05) is 19.4 Å². The molecule has 0 saturated heterocycles. The molecule has 0 heterocycles. The highest BCUT2D eigenvalue weighted by molar-refractivity contribution is 5.76. The Morgan fingerprint density at radius 3 is 2.54 bits per heavy atom. The van der Waals surface area contributed by atoms with Crippen molar-refractivity contribution in [3.05, 3.63) is 0 Å². The van der Waals surface area contributed by atoms with E-state index < -0.39 is 12.1 Å². The van der Waals surface area contributed by atoms with Crippen LogP contribution in [-0.4, -0.2) is 34.7 Å². The van der Waals surface area contributed by atoms with E-state index in [1.807, 2.05) is 6.92 Å². The molecular formula is C8H15NO4. The molecule has 1 atom stereocenters. The summed E-state index contributed by atoms with van der Waals surface area (Å²) in [4.78, 5) is 21.0. The van der Waals surface area contributed by atoms with Crippen molar-refractivity contribution < 1.29 is 19.8 Å². The third-order valence-corrected chi connectivity index (χ3v) is 1.50. The van der Waals surface area contributed by atoms with Gasteiger partial charge in [-0.1, -0.05) is 6.92 Å². The van der Waals surface area contributed by atoms with Crippen LogP contribution in [0.1, 0.15) is 26.2 Å². The van der Waals surface area contributed by atoms with Crippen molar-refractivity contribution in [2.75, 3.05) is 6.54 Å². The van der Waals surface area contributed by atoms with Crippen LogP contribution in [0.25, 0.3) is 0 Å². The molecule has 0 bridgehead atoms. The smallest absolute Gasteiger partial charge is 0.332 e. The Hall–Kier alpha value is -1.10. The highest BCUT2D eigenvalue weighted by Crippen LogP contribution is 1.91. The molecule has 5 nitrogen and oxygen atoms in total. The first-order valence-corrected chi connectivity index (χ1v) is 4.25. The molecule has 76 valence electrons. The van der Waals surface area contributed by atoms with Crippen LogP contribution >= 0.6 is 0 Å². The fourth-order valence-corrected chi connectivity index (χ4v) is 0.787. The molecule has 0 aliphatic carbocycles. The Labute approximate surface area is 76.8 Å². The summed E-state index contributed by atoms with van der Waals surface area (Å²) < 4.78 is 0. The molecule has 1 amide bonds. The Bertz CT molecular complexity index is 181. The van der Waals surface area contributed by atoms with Crippen LogP contribution in [0.3, 0.4) is 0 Å². The summed E-state index contributed by atoms with van der Waals surface area (Å²) in [6, 6.07) is 0. The number of rotatable bonds is 6. The van der Waals surface area contributed by atoms with E-state index in [1.54, 1.807) is 0 Å². The quantitative estimate of drug-likeness (QED) is 0.537. The molecule has 0 rings (SSSR count). The standard InChI is InChI=1S/C8H15NO4/c1-2-3-7(11)9-5-4-6(10)8(12)13/h6,10H,2-5H2,1H3,(H,9,11)(H,12,13)/t6-/m0/s1. The maximum absolute atomic E-state index is 10.9. The van der Waals surface area contributed by atoms with Gasteiger partial charge in [0.1, 0.15) is 0 Å². The molecule has 0 radical (unpaired) electrons. The monoisotopic (exact) mass is 189 g/mol. The van der Waals surface area contributed by atoms with E-state index in [2.05, 4.69) is 5.32 Å². The highest BCUT2D eigenvalue weighted by Gasteiger charge is 2.12. The predicted octanol–water partition coefficient (Wildman–Crippen LogP) is -0.262. The van der Waals surface area contributed by atoms with Gasteiger partial charge < -0.3 is 15.5 Å². The zero-order valence-corrected chi connectivity index (χ0v) is 7.62. The Morgan fingerprint density at radius 2 is 2.08 bits per heavy atom. The number of aliphatic hydroxyl groups is 1. The van der Waals surface area contributed by atoms with Gasteiger partial charge in [-0.3, -0.25) is 4.79 Å². The summed E-state index contributed by atoms with van der Waals surface area (Å²) in [5, 5.41) is 19.6. The third kappa shape index (κ3) is 6.10. The molecule has 13 heavy (non-hydrogen) atoms. The molecule has 0 saturated carbocycles. The predicted molar refractivity (Wildman–Crippen MR) is 46.2 cm³/mol. The van der Waals surface area contributed by atoms with Crippen molar-refractivity contribution in [2.45, 2.75) is 32.3 Å². The van der Waals surface area contributed by atoms with Gasteiger partial charge in [0.25, 0.3) is 0 Å². The number of carboxylic acid groups (broad SMARTS) is 1. The van der Waals surface area contributed by atoms with E-state index >= 15 is 0 Å². The van der Waals surface area contributed by atoms with Gasteiger partial charge in [-0.15, -0.1) is 0 Å². The van der Waals surface area contributed by atoms with Crippen LogP contribution in [0, 0.1) is 0 Å². The van der Waals surface area contributed by atoms with Gasteiger partial charge in [-0.05, 0) is 6.42 Å². The molecule has 0 aromatic heterocycles. The molecule has 5 heteroatoms. The molecule has 0 spiro atoms. The van der Waals surface area contributed by atoms with E-state index in [0.717, 1.165) is 6.42 Å². The summed E-state index contributed by atoms with van der Waals surface area (Å²) in [7, 11) is 0. The lowest BCUT2D eigenvalue weighted by Crippen LogP contribution is -2.29. The lowest BCUT2D eigenvalue weighted by molar-refractivity contribution is -0.147. The van der Waals surface area contributed by atoms with Crippen LogP contribution in [0.5, 0.6) is 0 Å². The second-order valence-electron chi connectivity index (χ2n) is 2.74. The Balaban J connectivity index is 3.44. The first-order valence-electron chi connectivity index (χ1n) is 4.25. The average molecular weight is 189 g/mol. The van der Waals surface area contributed by atoms with E-state index in [1.165, 1.54) is 0 Å². The van der Waals surface area contributed by atoms with Gasteiger partial charge in [0.15, 0.2) is 6.10 Å².